The van der Waals surface area contributed by atoms with Gasteiger partial charge in [0, 0.05) is 18.3 Å². The van der Waals surface area contributed by atoms with E-state index in [9.17, 15) is 14.7 Å². The van der Waals surface area contributed by atoms with Gasteiger partial charge >= 0.3 is 0 Å². The molecule has 1 fully saturated rings. The van der Waals surface area contributed by atoms with Crippen molar-refractivity contribution in [3.8, 4) is 0 Å². The Labute approximate surface area is 148 Å². The minimum absolute atomic E-state index is 0.234. The number of carbonyl (C=O) groups excluding carboxylic acids is 1. The van der Waals surface area contributed by atoms with E-state index >= 15 is 0 Å². The van der Waals surface area contributed by atoms with Crippen molar-refractivity contribution < 1.29 is 9.90 Å². The Bertz CT molecular complexity index is 656. The van der Waals surface area contributed by atoms with E-state index < -0.39 is 0 Å². The van der Waals surface area contributed by atoms with Crippen LogP contribution in [0.2, 0.25) is 0 Å². The molecule has 1 aliphatic heterocycles. The number of aromatic amines is 1. The highest BCUT2D eigenvalue weighted by molar-refractivity contribution is 5.94. The summed E-state index contributed by atoms with van der Waals surface area (Å²) in [6.07, 6.45) is 8.15. The maximum Gasteiger partial charge on any atom is 0.261 e. The molecule has 1 aromatic heterocycles. The van der Waals surface area contributed by atoms with E-state index in [2.05, 4.69) is 15.2 Å². The molecule has 3 rings (SSSR count). The first-order valence-corrected chi connectivity index (χ1v) is 9.57. The van der Waals surface area contributed by atoms with E-state index in [0.717, 1.165) is 75.7 Å². The number of likely N-dealkylation sites (tertiary alicyclic amines) is 1. The molecule has 1 aliphatic carbocycles. The zero-order chi connectivity index (χ0) is 17.6. The van der Waals surface area contributed by atoms with Gasteiger partial charge < -0.3 is 15.4 Å². The molecular formula is C19H29N3O3. The Balaban J connectivity index is 1.44. The lowest BCUT2D eigenvalue weighted by molar-refractivity contribution is 0.0950. The number of rotatable bonds is 7. The first-order chi connectivity index (χ1) is 12.2. The predicted octanol–water partition coefficient (Wildman–Crippen LogP) is 1.22. The third kappa shape index (κ3) is 4.50. The minimum atomic E-state index is -0.277. The number of aryl methyl sites for hydroxylation is 2. The van der Waals surface area contributed by atoms with Crippen LogP contribution in [-0.4, -0.2) is 53.2 Å². The molecule has 3 N–H and O–H groups in total. The van der Waals surface area contributed by atoms with Crippen LogP contribution in [0.1, 0.15) is 60.1 Å². The van der Waals surface area contributed by atoms with Crippen LogP contribution in [0, 0.1) is 0 Å². The number of nitrogens with zero attached hydrogens (tertiary/aromatic N) is 1. The van der Waals surface area contributed by atoms with Gasteiger partial charge in [-0.15, -0.1) is 0 Å². The van der Waals surface area contributed by atoms with Gasteiger partial charge in [-0.05, 0) is 76.1 Å². The third-order valence-electron chi connectivity index (χ3n) is 5.45. The van der Waals surface area contributed by atoms with Crippen LogP contribution in [0.15, 0.2) is 10.9 Å². The fraction of sp³-hybridized carbons (Fsp3) is 0.684. The Morgan fingerprint density at radius 2 is 2.12 bits per heavy atom. The second-order valence-electron chi connectivity index (χ2n) is 7.20. The summed E-state index contributed by atoms with van der Waals surface area (Å²) in [6.45, 7) is 2.83. The molecule has 1 aromatic rings. The average Bonchev–Trinajstić information content (AvgIpc) is 3.08. The number of aliphatic hydroxyl groups is 1. The van der Waals surface area contributed by atoms with Crippen molar-refractivity contribution in [1.82, 2.24) is 15.2 Å². The van der Waals surface area contributed by atoms with Crippen LogP contribution in [0.3, 0.4) is 0 Å². The van der Waals surface area contributed by atoms with Crippen LogP contribution >= 0.6 is 0 Å². The lowest BCUT2D eigenvalue weighted by atomic mass is 9.95. The summed E-state index contributed by atoms with van der Waals surface area (Å²) in [5.41, 5.74) is 2.07. The normalized spacial score (nSPS) is 20.4. The molecule has 0 saturated carbocycles. The molecule has 1 amide bonds. The fourth-order valence-electron chi connectivity index (χ4n) is 3.98. The molecule has 138 valence electrons. The highest BCUT2D eigenvalue weighted by Gasteiger charge is 2.22. The van der Waals surface area contributed by atoms with Gasteiger partial charge in [0.25, 0.3) is 11.5 Å². The Hall–Kier alpha value is -1.66. The summed E-state index contributed by atoms with van der Waals surface area (Å²) in [6, 6.07) is 2.09. The standard InChI is InChI=1S/C19H29N3O3/c23-13-15-7-5-11-22(15)10-4-3-9-20-18(24)16-12-14-6-1-2-8-17(14)21-19(16)25/h12,15,23H,1-11,13H2,(H,20,24)(H,21,25). The summed E-state index contributed by atoms with van der Waals surface area (Å²) in [5.74, 6) is -0.274. The minimum Gasteiger partial charge on any atom is -0.395 e. The number of unbranched alkanes of at least 4 members (excludes halogenated alkanes) is 1. The van der Waals surface area contributed by atoms with Gasteiger partial charge in [0.1, 0.15) is 5.56 Å². The zero-order valence-electron chi connectivity index (χ0n) is 14.9. The van der Waals surface area contributed by atoms with Crippen molar-refractivity contribution in [2.24, 2.45) is 0 Å². The molecule has 1 atom stereocenters. The lowest BCUT2D eigenvalue weighted by Gasteiger charge is -2.22. The van der Waals surface area contributed by atoms with Gasteiger partial charge in [0.05, 0.1) is 6.61 Å². The highest BCUT2D eigenvalue weighted by Crippen LogP contribution is 2.19. The number of aromatic nitrogens is 1. The molecule has 1 saturated heterocycles. The molecule has 0 aromatic carbocycles. The topological polar surface area (TPSA) is 85.4 Å². The summed E-state index contributed by atoms with van der Waals surface area (Å²) in [5, 5.41) is 12.2. The van der Waals surface area contributed by atoms with Crippen LogP contribution in [0.25, 0.3) is 0 Å². The molecule has 1 unspecified atom stereocenters. The Morgan fingerprint density at radius 1 is 1.28 bits per heavy atom. The highest BCUT2D eigenvalue weighted by atomic mass is 16.3. The summed E-state index contributed by atoms with van der Waals surface area (Å²) >= 11 is 0. The smallest absolute Gasteiger partial charge is 0.261 e. The van der Waals surface area contributed by atoms with Gasteiger partial charge in [-0.1, -0.05) is 0 Å². The predicted molar refractivity (Wildman–Crippen MR) is 97.0 cm³/mol. The maximum atomic E-state index is 12.3. The number of amides is 1. The van der Waals surface area contributed by atoms with E-state index in [4.69, 9.17) is 0 Å². The number of fused-ring (bicyclic) bond motifs is 1. The van der Waals surface area contributed by atoms with Crippen molar-refractivity contribution in [1.29, 1.82) is 0 Å². The van der Waals surface area contributed by atoms with E-state index in [0.29, 0.717) is 12.6 Å². The van der Waals surface area contributed by atoms with Crippen LogP contribution in [0.5, 0.6) is 0 Å². The van der Waals surface area contributed by atoms with Gasteiger partial charge in [-0.2, -0.15) is 0 Å². The maximum absolute atomic E-state index is 12.3. The van der Waals surface area contributed by atoms with E-state index in [1.54, 1.807) is 6.07 Å². The molecule has 2 aliphatic rings. The van der Waals surface area contributed by atoms with Gasteiger partial charge in [0.2, 0.25) is 0 Å². The van der Waals surface area contributed by atoms with Gasteiger partial charge in [-0.25, -0.2) is 0 Å². The number of aliphatic hydroxyl groups excluding tert-OH is 1. The lowest BCUT2D eigenvalue weighted by Crippen LogP contribution is -2.34. The largest absolute Gasteiger partial charge is 0.395 e. The molecule has 0 bridgehead atoms. The van der Waals surface area contributed by atoms with Crippen molar-refractivity contribution in [3.05, 3.63) is 33.2 Å². The van der Waals surface area contributed by atoms with Gasteiger partial charge in [-0.3, -0.25) is 14.5 Å². The number of hydrogen-bond donors (Lipinski definition) is 3. The van der Waals surface area contributed by atoms with Crippen LogP contribution in [-0.2, 0) is 12.8 Å². The van der Waals surface area contributed by atoms with Gasteiger partial charge in [0.15, 0.2) is 0 Å². The van der Waals surface area contributed by atoms with E-state index in [-0.39, 0.29) is 23.6 Å². The molecule has 0 spiro atoms. The average molecular weight is 347 g/mol. The molecule has 25 heavy (non-hydrogen) atoms. The van der Waals surface area contributed by atoms with E-state index in [1.165, 1.54) is 0 Å². The first-order valence-electron chi connectivity index (χ1n) is 9.57. The Morgan fingerprint density at radius 3 is 2.96 bits per heavy atom. The molecular weight excluding hydrogens is 318 g/mol. The van der Waals surface area contributed by atoms with Crippen molar-refractivity contribution in [2.45, 2.75) is 57.4 Å². The second kappa shape index (κ2) is 8.63. The second-order valence-corrected chi connectivity index (χ2v) is 7.20. The number of hydrogen-bond acceptors (Lipinski definition) is 4. The number of H-pyrrole nitrogens is 1. The van der Waals surface area contributed by atoms with Crippen molar-refractivity contribution in [3.63, 3.8) is 0 Å². The van der Waals surface area contributed by atoms with Crippen LogP contribution in [0.4, 0.5) is 0 Å². The molecule has 6 nitrogen and oxygen atoms in total. The van der Waals surface area contributed by atoms with Crippen molar-refractivity contribution >= 4 is 5.91 Å². The zero-order valence-corrected chi connectivity index (χ0v) is 14.9. The monoisotopic (exact) mass is 347 g/mol. The van der Waals surface area contributed by atoms with Crippen LogP contribution < -0.4 is 10.9 Å². The van der Waals surface area contributed by atoms with Crippen molar-refractivity contribution in [2.75, 3.05) is 26.2 Å². The third-order valence-corrected chi connectivity index (χ3v) is 5.45. The quantitative estimate of drug-likeness (QED) is 0.648. The molecule has 0 radical (unpaired) electrons. The van der Waals surface area contributed by atoms with E-state index in [1.807, 2.05) is 0 Å². The summed E-state index contributed by atoms with van der Waals surface area (Å²) < 4.78 is 0. The summed E-state index contributed by atoms with van der Waals surface area (Å²) in [4.78, 5) is 29.6. The first kappa shape index (κ1) is 18.1. The number of carbonyl (C=O) groups is 1. The Kier molecular flexibility index (Phi) is 6.26. The fourth-order valence-corrected chi connectivity index (χ4v) is 3.98. The summed E-state index contributed by atoms with van der Waals surface area (Å²) in [7, 11) is 0. The number of pyridine rings is 1. The molecule has 2 heterocycles. The SMILES string of the molecule is O=C(NCCCCN1CCCC1CO)c1cc2c([nH]c1=O)CCCC2. The number of nitrogens with one attached hydrogen (secondary N) is 2. The molecule has 6 heteroatoms.